The van der Waals surface area contributed by atoms with Crippen molar-refractivity contribution >= 4 is 0 Å². The molecule has 0 saturated heterocycles. The van der Waals surface area contributed by atoms with Gasteiger partial charge in [0, 0.05) is 6.54 Å². The summed E-state index contributed by atoms with van der Waals surface area (Å²) in [6, 6.07) is 1.79. The number of aromatic nitrogens is 3. The maximum atomic E-state index is 12.6. The lowest BCUT2D eigenvalue weighted by atomic mass is 10.2. The number of hydrogen-bond acceptors (Lipinski definition) is 3. The fraction of sp³-hybridized carbons (Fsp3) is 0.625. The maximum absolute atomic E-state index is 12.6. The molecule has 1 aromatic heterocycles. The predicted molar refractivity (Wildman–Crippen MR) is 44.6 cm³/mol. The van der Waals surface area contributed by atoms with Crippen molar-refractivity contribution in [3.8, 4) is 6.07 Å². The van der Waals surface area contributed by atoms with Crippen molar-refractivity contribution in [2.75, 3.05) is 0 Å². The van der Waals surface area contributed by atoms with Gasteiger partial charge in [0.15, 0.2) is 0 Å². The third-order valence-electron chi connectivity index (χ3n) is 1.74. The first-order chi connectivity index (χ1) is 6.70. The van der Waals surface area contributed by atoms with E-state index in [1.807, 2.05) is 6.92 Å². The Morgan fingerprint density at radius 2 is 2.29 bits per heavy atom. The van der Waals surface area contributed by atoms with Crippen LogP contribution < -0.4 is 0 Å². The Balaban J connectivity index is 3.01. The number of rotatable bonds is 4. The molecular weight excluding hydrogens is 190 g/mol. The van der Waals surface area contributed by atoms with Crippen molar-refractivity contribution in [2.24, 2.45) is 0 Å². The molecule has 0 N–H and O–H groups in total. The molecule has 0 aliphatic carbocycles. The van der Waals surface area contributed by atoms with Gasteiger partial charge in [-0.1, -0.05) is 12.1 Å². The van der Waals surface area contributed by atoms with Crippen molar-refractivity contribution in [2.45, 2.75) is 32.7 Å². The molecule has 1 rings (SSSR count). The third kappa shape index (κ3) is 2.05. The van der Waals surface area contributed by atoms with E-state index in [0.29, 0.717) is 13.0 Å². The van der Waals surface area contributed by atoms with Gasteiger partial charge in [-0.05, 0) is 6.42 Å². The quantitative estimate of drug-likeness (QED) is 0.743. The highest BCUT2D eigenvalue weighted by molar-refractivity contribution is 5.15. The molecule has 0 aromatic carbocycles. The Hall–Kier alpha value is -1.51. The molecule has 6 heteroatoms. The molecule has 0 fully saturated rings. The Kier molecular flexibility index (Phi) is 3.51. The lowest BCUT2D eigenvalue weighted by molar-refractivity contribution is 0.138. The first-order valence-corrected chi connectivity index (χ1v) is 4.28. The number of nitrogens with zero attached hydrogens (tertiary/aromatic N) is 4. The van der Waals surface area contributed by atoms with Crippen LogP contribution in [0.15, 0.2) is 0 Å². The van der Waals surface area contributed by atoms with Crippen LogP contribution in [-0.4, -0.2) is 15.0 Å². The van der Waals surface area contributed by atoms with Gasteiger partial charge in [0.1, 0.15) is 11.4 Å². The first-order valence-electron chi connectivity index (χ1n) is 4.28. The van der Waals surface area contributed by atoms with Gasteiger partial charge in [-0.3, -0.25) is 0 Å². The fourth-order valence-electron chi connectivity index (χ4n) is 1.17. The van der Waals surface area contributed by atoms with Crippen LogP contribution in [0.2, 0.25) is 0 Å². The van der Waals surface area contributed by atoms with E-state index in [2.05, 4.69) is 10.3 Å². The molecule has 0 aliphatic rings. The van der Waals surface area contributed by atoms with Crippen molar-refractivity contribution in [1.29, 1.82) is 5.26 Å². The Morgan fingerprint density at radius 1 is 1.57 bits per heavy atom. The lowest BCUT2D eigenvalue weighted by Crippen LogP contribution is -2.06. The van der Waals surface area contributed by atoms with E-state index in [1.54, 1.807) is 6.07 Å². The van der Waals surface area contributed by atoms with Crippen molar-refractivity contribution in [3.63, 3.8) is 0 Å². The van der Waals surface area contributed by atoms with Gasteiger partial charge in [-0.2, -0.15) is 5.26 Å². The number of aryl methyl sites for hydroxylation is 1. The summed E-state index contributed by atoms with van der Waals surface area (Å²) in [5.41, 5.74) is -0.149. The minimum absolute atomic E-state index is 0.0796. The van der Waals surface area contributed by atoms with Crippen LogP contribution in [0.5, 0.6) is 0 Å². The van der Waals surface area contributed by atoms with Crippen LogP contribution in [0, 0.1) is 11.3 Å². The smallest absolute Gasteiger partial charge is 0.243 e. The third-order valence-corrected chi connectivity index (χ3v) is 1.74. The molecular formula is C8H10F2N4. The molecule has 0 aliphatic heterocycles. The van der Waals surface area contributed by atoms with Gasteiger partial charge in [0.25, 0.3) is 6.43 Å². The Bertz CT molecular complexity index is 340. The standard InChI is InChI=1S/C8H10F2N4/c1-2-5-14-7(8(9)10)6(3-4-11)12-13-14/h8H,2-3,5H2,1H3. The minimum atomic E-state index is -2.63. The summed E-state index contributed by atoms with van der Waals surface area (Å²) in [6.07, 6.45) is -2.04. The zero-order valence-corrected chi connectivity index (χ0v) is 7.74. The number of hydrogen-bond donors (Lipinski definition) is 0. The highest BCUT2D eigenvalue weighted by Gasteiger charge is 2.20. The van der Waals surface area contributed by atoms with Gasteiger partial charge >= 0.3 is 0 Å². The second-order valence-corrected chi connectivity index (χ2v) is 2.78. The summed E-state index contributed by atoms with van der Waals surface area (Å²) in [5, 5.41) is 15.5. The summed E-state index contributed by atoms with van der Waals surface area (Å²) in [5.74, 6) is 0. The fourth-order valence-corrected chi connectivity index (χ4v) is 1.17. The maximum Gasteiger partial charge on any atom is 0.281 e. The Morgan fingerprint density at radius 3 is 2.79 bits per heavy atom. The lowest BCUT2D eigenvalue weighted by Gasteiger charge is -2.03. The average molecular weight is 200 g/mol. The van der Waals surface area contributed by atoms with Crippen molar-refractivity contribution in [3.05, 3.63) is 11.4 Å². The monoisotopic (exact) mass is 200 g/mol. The summed E-state index contributed by atoms with van der Waals surface area (Å²) in [6.45, 7) is 2.26. The minimum Gasteiger partial charge on any atom is -0.243 e. The topological polar surface area (TPSA) is 54.5 Å². The highest BCUT2D eigenvalue weighted by Crippen LogP contribution is 2.21. The van der Waals surface area contributed by atoms with E-state index in [1.165, 1.54) is 0 Å². The summed E-state index contributed by atoms with van der Waals surface area (Å²) in [4.78, 5) is 0. The molecule has 14 heavy (non-hydrogen) atoms. The summed E-state index contributed by atoms with van der Waals surface area (Å²) < 4.78 is 26.3. The van der Waals surface area contributed by atoms with E-state index >= 15 is 0 Å². The Labute approximate surface area is 80.1 Å². The van der Waals surface area contributed by atoms with Gasteiger partial charge in [0.05, 0.1) is 12.5 Å². The normalized spacial score (nSPS) is 10.5. The number of alkyl halides is 2. The SMILES string of the molecule is CCCn1nnc(CC#N)c1C(F)F. The predicted octanol–water partition coefficient (Wildman–Crippen LogP) is 1.69. The molecule has 0 radical (unpaired) electrons. The van der Waals surface area contributed by atoms with Crippen LogP contribution >= 0.6 is 0 Å². The van der Waals surface area contributed by atoms with Crippen LogP contribution in [0.3, 0.4) is 0 Å². The van der Waals surface area contributed by atoms with E-state index in [0.717, 1.165) is 4.68 Å². The first kappa shape index (κ1) is 10.6. The van der Waals surface area contributed by atoms with E-state index in [-0.39, 0.29) is 17.8 Å². The van der Waals surface area contributed by atoms with Crippen LogP contribution in [0.25, 0.3) is 0 Å². The molecule has 0 saturated carbocycles. The molecule has 0 atom stereocenters. The van der Waals surface area contributed by atoms with Crippen molar-refractivity contribution in [1.82, 2.24) is 15.0 Å². The molecule has 4 nitrogen and oxygen atoms in total. The summed E-state index contributed by atoms with van der Waals surface area (Å²) in [7, 11) is 0. The van der Waals surface area contributed by atoms with E-state index < -0.39 is 6.43 Å². The molecule has 0 spiro atoms. The van der Waals surface area contributed by atoms with E-state index in [4.69, 9.17) is 5.26 Å². The van der Waals surface area contributed by atoms with Gasteiger partial charge in [0.2, 0.25) is 0 Å². The second kappa shape index (κ2) is 4.65. The molecule has 0 unspecified atom stereocenters. The van der Waals surface area contributed by atoms with Gasteiger partial charge in [-0.15, -0.1) is 5.10 Å². The van der Waals surface area contributed by atoms with Crippen LogP contribution in [0.1, 0.15) is 31.2 Å². The van der Waals surface area contributed by atoms with E-state index in [9.17, 15) is 8.78 Å². The van der Waals surface area contributed by atoms with Gasteiger partial charge in [-0.25, -0.2) is 13.5 Å². The molecule has 0 amide bonds. The molecule has 0 bridgehead atoms. The number of nitriles is 1. The molecule has 76 valence electrons. The molecule has 1 heterocycles. The van der Waals surface area contributed by atoms with Crippen LogP contribution in [0.4, 0.5) is 8.78 Å². The summed E-state index contributed by atoms with van der Waals surface area (Å²) >= 11 is 0. The van der Waals surface area contributed by atoms with Crippen LogP contribution in [-0.2, 0) is 13.0 Å². The van der Waals surface area contributed by atoms with Crippen molar-refractivity contribution < 1.29 is 8.78 Å². The second-order valence-electron chi connectivity index (χ2n) is 2.78. The zero-order chi connectivity index (χ0) is 10.6. The zero-order valence-electron chi connectivity index (χ0n) is 7.74. The number of halogens is 2. The van der Waals surface area contributed by atoms with Gasteiger partial charge < -0.3 is 0 Å². The molecule has 1 aromatic rings. The highest BCUT2D eigenvalue weighted by atomic mass is 19.3. The average Bonchev–Trinajstić information content (AvgIpc) is 2.49. The largest absolute Gasteiger partial charge is 0.281 e.